The van der Waals surface area contributed by atoms with E-state index in [9.17, 15) is 0 Å². The van der Waals surface area contributed by atoms with E-state index in [4.69, 9.17) is 18.2 Å². The topological polar surface area (TPSA) is 70.0 Å². The lowest BCUT2D eigenvalue weighted by atomic mass is 9.78. The van der Waals surface area contributed by atoms with E-state index in [1.54, 1.807) is 11.3 Å². The number of hydrogen-bond acceptors (Lipinski definition) is 12. The van der Waals surface area contributed by atoms with Gasteiger partial charge in [-0.2, -0.15) is 17.5 Å². The molecule has 0 aliphatic carbocycles. The minimum Gasteiger partial charge on any atom is -0.481 e. The lowest BCUT2D eigenvalue weighted by Gasteiger charge is -2.39. The van der Waals surface area contributed by atoms with Gasteiger partial charge in [0.1, 0.15) is 44.8 Å². The van der Waals surface area contributed by atoms with E-state index in [0.717, 1.165) is 115 Å². The zero-order valence-corrected chi connectivity index (χ0v) is 54.6. The number of benzene rings is 2. The number of rotatable bonds is 29. The van der Waals surface area contributed by atoms with Crippen LogP contribution in [0, 0.1) is 60.8 Å². The molecule has 0 bridgehead atoms. The van der Waals surface area contributed by atoms with Crippen molar-refractivity contribution in [2.24, 2.45) is 23.7 Å². The number of ether oxygens (including phenoxy) is 2. The highest BCUT2D eigenvalue weighted by molar-refractivity contribution is 7.25. The monoisotopic (exact) mass is 1230 g/mol. The average molecular weight is 1230 g/mol. The number of halogens is 4. The number of nitrogens with zero attached hydrogens (tertiary/aromatic N) is 4. The molecule has 0 spiro atoms. The Labute approximate surface area is 508 Å². The zero-order chi connectivity index (χ0) is 58.0. The van der Waals surface area contributed by atoms with Crippen molar-refractivity contribution in [1.82, 2.24) is 17.5 Å². The van der Waals surface area contributed by atoms with E-state index in [0.29, 0.717) is 67.7 Å². The average Bonchev–Trinajstić information content (AvgIpc) is 2.34. The maximum atomic E-state index is 17.6. The van der Waals surface area contributed by atoms with E-state index in [1.807, 2.05) is 12.1 Å². The summed E-state index contributed by atoms with van der Waals surface area (Å²) in [5.41, 5.74) is 2.48. The second kappa shape index (κ2) is 26.4. The smallest absolute Gasteiger partial charge is 0.170 e. The Balaban J connectivity index is 0.981. The number of unbranched alkanes of at least 4 members (excludes halogenated alkanes) is 9. The van der Waals surface area contributed by atoms with Crippen LogP contribution in [0.25, 0.3) is 62.5 Å². The van der Waals surface area contributed by atoms with Gasteiger partial charge in [0.15, 0.2) is 23.3 Å². The maximum Gasteiger partial charge on any atom is 0.170 e. The van der Waals surface area contributed by atoms with Crippen LogP contribution in [0.1, 0.15) is 222 Å². The zero-order valence-electron chi connectivity index (χ0n) is 49.7. The van der Waals surface area contributed by atoms with E-state index in [-0.39, 0.29) is 28.7 Å². The Morgan fingerprint density at radius 2 is 1.00 bits per heavy atom. The van der Waals surface area contributed by atoms with Gasteiger partial charge in [0, 0.05) is 48.2 Å². The van der Waals surface area contributed by atoms with Gasteiger partial charge in [0.25, 0.3) is 0 Å². The molecule has 6 aromatic heterocycles. The number of aromatic nitrogens is 4. The minimum atomic E-state index is -0.945. The lowest BCUT2D eigenvalue weighted by molar-refractivity contribution is 0.0323. The van der Waals surface area contributed by atoms with Gasteiger partial charge in [-0.3, -0.25) is 0 Å². The highest BCUT2D eigenvalue weighted by atomic mass is 32.1. The second-order valence-electron chi connectivity index (χ2n) is 25.2. The third-order valence-corrected chi connectivity index (χ3v) is 23.4. The second-order valence-corrected chi connectivity index (χ2v) is 30.7. The Morgan fingerprint density at radius 3 is 1.61 bits per heavy atom. The molecular weight excluding hydrogens is 1150 g/mol. The van der Waals surface area contributed by atoms with Crippen molar-refractivity contribution in [3.8, 4) is 51.9 Å². The standard InChI is InChI=1S/C66H82F4N4O2S6/c1-11-12-13-14-15-16-17-18-19-20-29-65(10)45-35-49(51-55(69)53(67)42(9)57-59(51)73-81-71-57)79-61(45)64-48(75-65)34-43(78-64)33-44-54(68)56(70)52(60-58(44)72-82-74-60)50-36-46-62(80-50)63-47(32-41(8)77-63)76-66(46,30-27-39(6)25-21-23-37(2)3)31-28-40(7)26-22-24-38(4)5/h32,34-40H,11-31,33H2,1-10H3. The molecule has 0 saturated heterocycles. The van der Waals surface area contributed by atoms with E-state index in [2.05, 4.69) is 83.2 Å². The lowest BCUT2D eigenvalue weighted by Crippen LogP contribution is -2.36. The van der Waals surface area contributed by atoms with Crippen LogP contribution in [0.5, 0.6) is 11.5 Å². The molecule has 3 atom stereocenters. The predicted octanol–water partition coefficient (Wildman–Crippen LogP) is 23.4. The highest BCUT2D eigenvalue weighted by Gasteiger charge is 2.45. The molecule has 8 aromatic rings. The van der Waals surface area contributed by atoms with Crippen LogP contribution in [-0.4, -0.2) is 17.5 Å². The van der Waals surface area contributed by atoms with E-state index in [1.165, 1.54) is 124 Å². The highest BCUT2D eigenvalue weighted by Crippen LogP contribution is 2.59. The van der Waals surface area contributed by atoms with Crippen molar-refractivity contribution in [3.63, 3.8) is 0 Å². The molecule has 0 saturated carbocycles. The van der Waals surface area contributed by atoms with E-state index < -0.39 is 34.5 Å². The molecule has 8 heterocycles. The molecule has 10 rings (SSSR count). The summed E-state index contributed by atoms with van der Waals surface area (Å²) in [6.07, 6.45) is 23.6. The van der Waals surface area contributed by atoms with Gasteiger partial charge in [0.2, 0.25) is 0 Å². The largest absolute Gasteiger partial charge is 0.481 e. The molecule has 0 amide bonds. The van der Waals surface area contributed by atoms with Crippen LogP contribution in [0.3, 0.4) is 0 Å². The number of fused-ring (bicyclic) bond motifs is 8. The Morgan fingerprint density at radius 1 is 0.488 bits per heavy atom. The van der Waals surface area contributed by atoms with Gasteiger partial charge in [-0.15, -0.1) is 45.3 Å². The van der Waals surface area contributed by atoms with Crippen molar-refractivity contribution in [2.45, 2.75) is 222 Å². The summed E-state index contributed by atoms with van der Waals surface area (Å²) < 4.78 is 99.6. The van der Waals surface area contributed by atoms with Gasteiger partial charge in [-0.25, -0.2) is 17.6 Å². The summed E-state index contributed by atoms with van der Waals surface area (Å²) in [4.78, 5) is 6.94. The molecule has 6 nitrogen and oxygen atoms in total. The van der Waals surface area contributed by atoms with Crippen LogP contribution in [0.15, 0.2) is 24.3 Å². The Bertz CT molecular complexity index is 3470. The number of aryl methyl sites for hydroxylation is 2. The first-order valence-corrected chi connectivity index (χ1v) is 35.3. The summed E-state index contributed by atoms with van der Waals surface area (Å²) in [5, 5.41) is 0. The first-order chi connectivity index (χ1) is 39.4. The van der Waals surface area contributed by atoms with Crippen LogP contribution in [0.2, 0.25) is 0 Å². The summed E-state index contributed by atoms with van der Waals surface area (Å²) in [6.45, 7) is 21.9. The quantitative estimate of drug-likeness (QED) is 0.0344. The summed E-state index contributed by atoms with van der Waals surface area (Å²) >= 11 is 7.98. The normalized spacial score (nSPS) is 17.4. The summed E-state index contributed by atoms with van der Waals surface area (Å²) in [6, 6.07) is 8.18. The summed E-state index contributed by atoms with van der Waals surface area (Å²) in [5.74, 6) is 0.175. The van der Waals surface area contributed by atoms with Crippen molar-refractivity contribution in [2.75, 3.05) is 0 Å². The van der Waals surface area contributed by atoms with Crippen LogP contribution >= 0.6 is 68.8 Å². The molecule has 442 valence electrons. The van der Waals surface area contributed by atoms with Crippen LogP contribution in [0.4, 0.5) is 17.6 Å². The fourth-order valence-electron chi connectivity index (χ4n) is 12.6. The van der Waals surface area contributed by atoms with E-state index >= 15 is 17.6 Å². The van der Waals surface area contributed by atoms with Gasteiger partial charge < -0.3 is 9.47 Å². The molecule has 3 unspecified atom stereocenters. The fourth-order valence-corrected chi connectivity index (χ4v) is 18.7. The number of hydrogen-bond donors (Lipinski definition) is 0. The van der Waals surface area contributed by atoms with Crippen LogP contribution in [-0.2, 0) is 17.6 Å². The van der Waals surface area contributed by atoms with Crippen molar-refractivity contribution in [3.05, 3.63) is 79.5 Å². The third-order valence-electron chi connectivity index (χ3n) is 17.5. The SMILES string of the molecule is CCCCCCCCCCCCC1(C)Oc2cc(Cc3c(F)c(F)c(-c4cc5c(s4)-c4sc(C)cc4OC5(CCC(C)CCCC(C)C)CCC(C)CCCC(C)C)c4nsnc34)sc2-c2sc(-c3c(F)c(F)c(C)c4nsnc34)cc21. The molecule has 2 aliphatic heterocycles. The van der Waals surface area contributed by atoms with Gasteiger partial charge >= 0.3 is 0 Å². The Hall–Kier alpha value is -3.80. The Kier molecular flexibility index (Phi) is 19.8. The predicted molar refractivity (Wildman–Crippen MR) is 341 cm³/mol. The minimum absolute atomic E-state index is 0.0536. The van der Waals surface area contributed by atoms with Crippen molar-refractivity contribution in [1.29, 1.82) is 0 Å². The van der Waals surface area contributed by atoms with Crippen LogP contribution < -0.4 is 9.47 Å². The maximum absolute atomic E-state index is 17.6. The van der Waals surface area contributed by atoms with Gasteiger partial charge in [0.05, 0.1) is 54.1 Å². The van der Waals surface area contributed by atoms with Crippen molar-refractivity contribution >= 4 is 90.9 Å². The van der Waals surface area contributed by atoms with Gasteiger partial charge in [-0.1, -0.05) is 145 Å². The first kappa shape index (κ1) is 61.3. The number of thiophene rings is 4. The van der Waals surface area contributed by atoms with Gasteiger partial charge in [-0.05, 0) is 107 Å². The molecule has 2 aromatic carbocycles. The molecular formula is C66H82F4N4O2S6. The third kappa shape index (κ3) is 12.8. The molecule has 2 aliphatic rings. The molecule has 16 heteroatoms. The molecule has 0 radical (unpaired) electrons. The van der Waals surface area contributed by atoms with Crippen molar-refractivity contribution < 1.29 is 27.0 Å². The molecule has 82 heavy (non-hydrogen) atoms. The fraction of sp³-hybridized carbons (Fsp3) is 0.576. The first-order valence-electron chi connectivity index (χ1n) is 30.5. The summed E-state index contributed by atoms with van der Waals surface area (Å²) in [7, 11) is 0. The molecule has 0 fully saturated rings. The molecule has 0 N–H and O–H groups in total.